The molecule has 0 aliphatic rings. The van der Waals surface area contributed by atoms with E-state index in [0.29, 0.717) is 5.69 Å². The number of carboxylic acid groups (broad SMARTS) is 1. The molecule has 0 unspecified atom stereocenters. The van der Waals surface area contributed by atoms with Crippen LogP contribution < -0.4 is 5.32 Å². The monoisotopic (exact) mass is 393 g/mol. The van der Waals surface area contributed by atoms with Crippen LogP contribution in [0.4, 0.5) is 24.5 Å². The van der Waals surface area contributed by atoms with Crippen LogP contribution in [0, 0.1) is 0 Å². The number of isocyanates is 1. The van der Waals surface area contributed by atoms with Gasteiger partial charge in [0.05, 0.1) is 11.9 Å². The summed E-state index contributed by atoms with van der Waals surface area (Å²) >= 11 is 0. The molecular formula is C17H14F3N5O3. The minimum absolute atomic E-state index is 0.0556. The first-order chi connectivity index (χ1) is 13.3. The second-order valence-corrected chi connectivity index (χ2v) is 4.69. The third-order valence-electron chi connectivity index (χ3n) is 2.62. The largest absolute Gasteiger partial charge is 0.482 e. The number of aliphatic imine (C=N–C) groups is 1. The minimum atomic E-state index is -4.35. The average molecular weight is 393 g/mol. The van der Waals surface area contributed by atoms with Crippen molar-refractivity contribution in [3.63, 3.8) is 0 Å². The van der Waals surface area contributed by atoms with Crippen LogP contribution in [0.2, 0.25) is 0 Å². The maximum absolute atomic E-state index is 11.6. The van der Waals surface area contributed by atoms with Crippen LogP contribution in [0.3, 0.4) is 0 Å². The maximum Gasteiger partial charge on any atom is 0.482 e. The second kappa shape index (κ2) is 11.6. The van der Waals surface area contributed by atoms with E-state index < -0.39 is 12.3 Å². The highest BCUT2D eigenvalue weighted by molar-refractivity contribution is 5.84. The predicted molar refractivity (Wildman–Crippen MR) is 93.7 cm³/mol. The van der Waals surface area contributed by atoms with Gasteiger partial charge in [-0.15, -0.1) is 5.10 Å². The lowest BCUT2D eigenvalue weighted by Crippen LogP contribution is -2.20. The average Bonchev–Trinajstić information content (AvgIpc) is 3.19. The van der Waals surface area contributed by atoms with E-state index in [9.17, 15) is 22.8 Å². The van der Waals surface area contributed by atoms with Crippen LogP contribution in [0.1, 0.15) is 10.5 Å². The zero-order valence-electron chi connectivity index (χ0n) is 14.1. The molecule has 2 aromatic carbocycles. The van der Waals surface area contributed by atoms with E-state index in [1.54, 1.807) is 18.2 Å². The number of aromatic amines is 1. The molecule has 11 heteroatoms. The van der Waals surface area contributed by atoms with E-state index in [1.807, 2.05) is 18.2 Å². The van der Waals surface area contributed by atoms with Crippen LogP contribution in [-0.4, -0.2) is 38.9 Å². The molecule has 3 aromatic rings. The molecule has 0 fully saturated rings. The first-order valence-corrected chi connectivity index (χ1v) is 7.44. The van der Waals surface area contributed by atoms with Crippen molar-refractivity contribution >= 4 is 23.4 Å². The van der Waals surface area contributed by atoms with E-state index in [4.69, 9.17) is 5.11 Å². The molecule has 0 saturated carbocycles. The number of H-pyrrole nitrogens is 1. The number of aromatic carboxylic acids is 1. The van der Waals surface area contributed by atoms with Gasteiger partial charge in [0.1, 0.15) is 0 Å². The Morgan fingerprint density at radius 2 is 1.64 bits per heavy atom. The first-order valence-electron chi connectivity index (χ1n) is 7.44. The molecule has 0 amide bonds. The molecule has 0 bridgehead atoms. The molecule has 8 nitrogen and oxygen atoms in total. The number of hydrogen-bond donors (Lipinski definition) is 3. The molecule has 3 rings (SSSR count). The highest BCUT2D eigenvalue weighted by Crippen LogP contribution is 2.18. The summed E-state index contributed by atoms with van der Waals surface area (Å²) in [5.74, 6) is -1.07. The van der Waals surface area contributed by atoms with Crippen molar-refractivity contribution < 1.29 is 27.9 Å². The van der Waals surface area contributed by atoms with E-state index in [-0.39, 0.29) is 11.4 Å². The Labute approximate surface area is 156 Å². The van der Waals surface area contributed by atoms with Gasteiger partial charge in [-0.2, -0.15) is 28.5 Å². The summed E-state index contributed by atoms with van der Waals surface area (Å²) in [6.07, 6.45) is -1.75. The number of benzene rings is 2. The summed E-state index contributed by atoms with van der Waals surface area (Å²) in [7, 11) is 0. The Morgan fingerprint density at radius 3 is 2.04 bits per heavy atom. The Bertz CT molecular complexity index is 866. The van der Waals surface area contributed by atoms with Crippen LogP contribution >= 0.6 is 0 Å². The van der Waals surface area contributed by atoms with Gasteiger partial charge in [-0.25, -0.2) is 9.59 Å². The molecule has 0 saturated heterocycles. The van der Waals surface area contributed by atoms with Crippen LogP contribution in [-0.2, 0) is 4.79 Å². The summed E-state index contributed by atoms with van der Waals surface area (Å²) in [5, 5.41) is 18.3. The third kappa shape index (κ3) is 10.1. The number of carbonyl (C=O) groups excluding carboxylic acids is 1. The number of hydrogen-bond acceptors (Lipinski definition) is 6. The van der Waals surface area contributed by atoms with E-state index in [2.05, 4.69) is 20.4 Å². The van der Waals surface area contributed by atoms with Crippen LogP contribution in [0.25, 0.3) is 0 Å². The molecule has 1 heterocycles. The van der Waals surface area contributed by atoms with Crippen molar-refractivity contribution in [2.75, 3.05) is 5.32 Å². The maximum atomic E-state index is 11.6. The van der Waals surface area contributed by atoms with Gasteiger partial charge in [-0.1, -0.05) is 36.4 Å². The summed E-state index contributed by atoms with van der Waals surface area (Å²) in [6, 6.07) is 16.4. The lowest BCUT2D eigenvalue weighted by molar-refractivity contribution is -0.0999. The Hall–Kier alpha value is -3.98. The van der Waals surface area contributed by atoms with Gasteiger partial charge in [0.2, 0.25) is 6.08 Å². The lowest BCUT2D eigenvalue weighted by Gasteiger charge is -2.08. The van der Waals surface area contributed by atoms with E-state index in [0.717, 1.165) is 6.20 Å². The molecule has 0 spiro atoms. The molecule has 0 radical (unpaired) electrons. The molecule has 0 atom stereocenters. The number of nitrogens with zero attached hydrogens (tertiary/aromatic N) is 3. The molecule has 0 aliphatic carbocycles. The van der Waals surface area contributed by atoms with Gasteiger partial charge in [0.25, 0.3) is 0 Å². The summed E-state index contributed by atoms with van der Waals surface area (Å²) < 4.78 is 34.9. The van der Waals surface area contributed by atoms with Crippen molar-refractivity contribution in [1.29, 1.82) is 0 Å². The number of halogens is 3. The fraction of sp³-hybridized carbons (Fsp3) is 0.0588. The minimum Gasteiger partial charge on any atom is -0.476 e. The summed E-state index contributed by atoms with van der Waals surface area (Å²) in [5.41, 5.74) is 0.637. The van der Waals surface area contributed by atoms with Gasteiger partial charge in [0, 0.05) is 5.69 Å². The van der Waals surface area contributed by atoms with Crippen molar-refractivity contribution in [3.8, 4) is 0 Å². The van der Waals surface area contributed by atoms with Gasteiger partial charge in [0.15, 0.2) is 5.69 Å². The number of carbonyl (C=O) groups is 1. The molecule has 1 aromatic heterocycles. The zero-order valence-corrected chi connectivity index (χ0v) is 14.1. The second-order valence-electron chi connectivity index (χ2n) is 4.69. The molecule has 3 N–H and O–H groups in total. The highest BCUT2D eigenvalue weighted by atomic mass is 19.4. The highest BCUT2D eigenvalue weighted by Gasteiger charge is 2.26. The SMILES string of the molecule is FC(F)(F)Nc1ccccc1.O=C(O)c1cn[nH]n1.O=C=Nc1ccccc1. The fourth-order valence-electron chi connectivity index (χ4n) is 1.55. The number of alkyl halides is 3. The van der Waals surface area contributed by atoms with Crippen LogP contribution in [0.5, 0.6) is 0 Å². The van der Waals surface area contributed by atoms with Gasteiger partial charge in [-0.05, 0) is 24.3 Å². The predicted octanol–water partition coefficient (Wildman–Crippen LogP) is 3.78. The van der Waals surface area contributed by atoms with Crippen molar-refractivity contribution in [1.82, 2.24) is 15.4 Å². The number of nitrogens with one attached hydrogen (secondary N) is 2. The normalized spacial score (nSPS) is 9.54. The third-order valence-corrected chi connectivity index (χ3v) is 2.62. The fourth-order valence-corrected chi connectivity index (χ4v) is 1.55. The number of aromatic nitrogens is 3. The first kappa shape index (κ1) is 22.1. The molecule has 28 heavy (non-hydrogen) atoms. The smallest absolute Gasteiger partial charge is 0.476 e. The summed E-state index contributed by atoms with van der Waals surface area (Å²) in [4.78, 5) is 23.0. The van der Waals surface area contributed by atoms with Crippen molar-refractivity contribution in [3.05, 3.63) is 72.6 Å². The topological polar surface area (TPSA) is 120 Å². The van der Waals surface area contributed by atoms with Crippen LogP contribution in [0.15, 0.2) is 71.9 Å². The number of anilines is 1. The lowest BCUT2D eigenvalue weighted by atomic mass is 10.3. The summed E-state index contributed by atoms with van der Waals surface area (Å²) in [6.45, 7) is 0. The van der Waals surface area contributed by atoms with Gasteiger partial charge < -0.3 is 5.11 Å². The van der Waals surface area contributed by atoms with Crippen molar-refractivity contribution in [2.45, 2.75) is 6.30 Å². The number of para-hydroxylation sites is 2. The molecule has 0 aliphatic heterocycles. The Morgan fingerprint density at radius 1 is 1.07 bits per heavy atom. The standard InChI is InChI=1S/C7H6F3N.C7H5NO.C3H3N3O2/c8-7(9,10)11-6-4-2-1-3-5-6;9-6-8-7-4-2-1-3-5-7;7-3(8)2-1-4-6-5-2/h1-5,11H;1-5H;1H,(H,7,8)(H,4,5,6). The zero-order chi connectivity index (χ0) is 20.8. The van der Waals surface area contributed by atoms with E-state index in [1.165, 1.54) is 35.7 Å². The molecular weight excluding hydrogens is 379 g/mol. The van der Waals surface area contributed by atoms with Crippen molar-refractivity contribution in [2.24, 2.45) is 4.99 Å². The Kier molecular flexibility index (Phi) is 9.14. The van der Waals surface area contributed by atoms with E-state index >= 15 is 0 Å². The Balaban J connectivity index is 0.000000213. The molecule has 146 valence electrons. The quantitative estimate of drug-likeness (QED) is 0.354. The van der Waals surface area contributed by atoms with Gasteiger partial charge in [-0.3, -0.25) is 5.32 Å². The van der Waals surface area contributed by atoms with Gasteiger partial charge >= 0.3 is 12.3 Å². The number of carboxylic acids is 1. The number of rotatable bonds is 3.